The second kappa shape index (κ2) is 19.5. The average molecular weight is 971 g/mol. The number of nitrogens with zero attached hydrogens (tertiary/aromatic N) is 1. The Bertz CT molecular complexity index is 3310. The molecule has 0 fully saturated rings. The molecule has 0 atom stereocenters. The third-order valence-corrected chi connectivity index (χ3v) is 12.8. The number of anilines is 4. The van der Waals surface area contributed by atoms with Crippen LogP contribution in [0.5, 0.6) is 0 Å². The van der Waals surface area contributed by atoms with Crippen LogP contribution in [0.2, 0.25) is 0 Å². The summed E-state index contributed by atoms with van der Waals surface area (Å²) in [5.41, 5.74) is 6.06. The first kappa shape index (κ1) is 50.1. The molecule has 68 heavy (non-hydrogen) atoms. The van der Waals surface area contributed by atoms with Gasteiger partial charge in [-0.15, -0.1) is 0 Å². The van der Waals surface area contributed by atoms with E-state index in [-0.39, 0.29) is 62.2 Å². The SMILES string of the molecule is Cc1cc(C)c(NC(=O)NC(CC(=O)O)CC(=O)O)c(C)c1N=c1cc2oc3cc(Nc4c(C)cc(C)c(NC(=O)NC(C)C)c4C)ccc3c(-c3ccccc3S(=O)(=O)O)c-2cc1S(=O)(=O)O. The quantitative estimate of drug-likeness (QED) is 0.0365. The number of aryl methyl sites for hydroxylation is 4. The minimum atomic E-state index is -5.12. The standard InChI is InChI=1S/C47H50N6O13S2/c1-22(2)48-46(58)52-44-25(5)15-23(3)42(27(44)7)49-29-13-14-31-35(17-29)66-36-21-34(38(68(63,64)65)20-33(36)41(31)32-11-9-10-12-37(32)67(60,61)62)51-43-24(4)16-26(6)45(28(43)8)53-47(59)50-30(18-39(54)55)19-40(56)57/h9-17,20-22,30,49H,18-19H2,1-8H3,(H,54,55)(H,56,57)(H2,48,52,58)(H2,50,53,59)(H,60,61,62)(H,63,64,65). The van der Waals surface area contributed by atoms with Crippen molar-refractivity contribution in [3.05, 3.63) is 105 Å². The molecule has 21 heteroatoms. The second-order valence-electron chi connectivity index (χ2n) is 16.7. The van der Waals surface area contributed by atoms with Crippen molar-refractivity contribution in [1.29, 1.82) is 0 Å². The maximum atomic E-state index is 13.3. The van der Waals surface area contributed by atoms with Crippen LogP contribution in [0, 0.1) is 41.5 Å². The number of rotatable bonds is 14. The summed E-state index contributed by atoms with van der Waals surface area (Å²) in [5.74, 6) is -2.70. The summed E-state index contributed by atoms with van der Waals surface area (Å²) < 4.78 is 79.9. The fourth-order valence-corrected chi connectivity index (χ4v) is 9.52. The molecule has 0 spiro atoms. The van der Waals surface area contributed by atoms with Crippen molar-refractivity contribution in [3.63, 3.8) is 0 Å². The summed E-state index contributed by atoms with van der Waals surface area (Å²) in [6, 6.07) is 13.7. The molecule has 1 aliphatic carbocycles. The van der Waals surface area contributed by atoms with Crippen LogP contribution in [0.4, 0.5) is 38.0 Å². The molecule has 1 aliphatic heterocycles. The van der Waals surface area contributed by atoms with Gasteiger partial charge in [-0.05, 0) is 113 Å². The first-order valence-corrected chi connectivity index (χ1v) is 23.8. The van der Waals surface area contributed by atoms with E-state index in [0.29, 0.717) is 33.8 Å². The largest absolute Gasteiger partial charge is 0.481 e. The highest BCUT2D eigenvalue weighted by molar-refractivity contribution is 7.86. The van der Waals surface area contributed by atoms with Gasteiger partial charge < -0.3 is 41.2 Å². The van der Waals surface area contributed by atoms with E-state index in [1.807, 2.05) is 40.7 Å². The Balaban J connectivity index is 1.58. The van der Waals surface area contributed by atoms with E-state index in [1.165, 1.54) is 30.3 Å². The lowest BCUT2D eigenvalue weighted by atomic mass is 9.93. The molecule has 0 saturated carbocycles. The fourth-order valence-electron chi connectivity index (χ4n) is 8.18. The number of carbonyl (C=O) groups excluding carboxylic acids is 2. The third kappa shape index (κ3) is 11.1. The van der Waals surface area contributed by atoms with E-state index < -0.39 is 66.9 Å². The molecule has 19 nitrogen and oxygen atoms in total. The minimum Gasteiger partial charge on any atom is -0.481 e. The zero-order valence-corrected chi connectivity index (χ0v) is 39.8. The highest BCUT2D eigenvalue weighted by Crippen LogP contribution is 2.44. The molecule has 0 radical (unpaired) electrons. The predicted molar refractivity (Wildman–Crippen MR) is 255 cm³/mol. The summed E-state index contributed by atoms with van der Waals surface area (Å²) in [7, 11) is -10.0. The molecule has 4 amide bonds. The molecule has 0 aromatic heterocycles. The lowest BCUT2D eigenvalue weighted by molar-refractivity contribution is -0.139. The molecule has 1 heterocycles. The predicted octanol–water partition coefficient (Wildman–Crippen LogP) is 8.49. The Hall–Kier alpha value is -7.33. The Morgan fingerprint density at radius 2 is 1.21 bits per heavy atom. The molecule has 6 rings (SSSR count). The number of hydrogen-bond donors (Lipinski definition) is 9. The third-order valence-electron chi connectivity index (χ3n) is 11.0. The van der Waals surface area contributed by atoms with Crippen molar-refractivity contribution >= 4 is 83.6 Å². The molecular weight excluding hydrogens is 921 g/mol. The lowest BCUT2D eigenvalue weighted by Crippen LogP contribution is -2.40. The molecule has 0 unspecified atom stereocenters. The van der Waals surface area contributed by atoms with Crippen molar-refractivity contribution in [2.45, 2.75) is 90.1 Å². The molecule has 0 saturated heterocycles. The van der Waals surface area contributed by atoms with Crippen LogP contribution in [0.3, 0.4) is 0 Å². The summed E-state index contributed by atoms with van der Waals surface area (Å²) >= 11 is 0. The normalized spacial score (nSPS) is 12.1. The summed E-state index contributed by atoms with van der Waals surface area (Å²) in [6.07, 6.45) is -1.34. The maximum Gasteiger partial charge on any atom is 0.319 e. The number of urea groups is 2. The lowest BCUT2D eigenvalue weighted by Gasteiger charge is -2.21. The van der Waals surface area contributed by atoms with Gasteiger partial charge in [0.25, 0.3) is 20.2 Å². The van der Waals surface area contributed by atoms with Crippen LogP contribution in [-0.2, 0) is 29.8 Å². The Kier molecular flexibility index (Phi) is 14.4. The van der Waals surface area contributed by atoms with Gasteiger partial charge in [0.05, 0.1) is 41.3 Å². The number of aliphatic carboxylic acids is 2. The van der Waals surface area contributed by atoms with Crippen LogP contribution < -0.4 is 31.9 Å². The smallest absolute Gasteiger partial charge is 0.319 e. The van der Waals surface area contributed by atoms with Gasteiger partial charge in [-0.3, -0.25) is 18.7 Å². The highest BCUT2D eigenvalue weighted by atomic mass is 32.2. The van der Waals surface area contributed by atoms with Gasteiger partial charge in [0, 0.05) is 51.6 Å². The number of nitrogens with one attached hydrogen (secondary N) is 5. The van der Waals surface area contributed by atoms with Crippen molar-refractivity contribution in [3.8, 4) is 22.5 Å². The molecule has 0 bridgehead atoms. The molecule has 9 N–H and O–H groups in total. The molecule has 2 aliphatic rings. The van der Waals surface area contributed by atoms with Crippen molar-refractivity contribution in [2.24, 2.45) is 4.99 Å². The Morgan fingerprint density at radius 3 is 1.79 bits per heavy atom. The zero-order chi connectivity index (χ0) is 50.2. The fraction of sp³-hybridized carbons (Fsp3) is 0.255. The highest BCUT2D eigenvalue weighted by Gasteiger charge is 2.28. The molecule has 4 aromatic rings. The first-order valence-electron chi connectivity index (χ1n) is 20.9. The van der Waals surface area contributed by atoms with E-state index in [1.54, 1.807) is 45.0 Å². The molecule has 4 aromatic carbocycles. The molecular formula is C47H50N6O13S2. The van der Waals surface area contributed by atoms with Gasteiger partial charge in [0.2, 0.25) is 0 Å². The monoisotopic (exact) mass is 970 g/mol. The van der Waals surface area contributed by atoms with Crippen LogP contribution in [-0.4, -0.2) is 72.2 Å². The average Bonchev–Trinajstić information content (AvgIpc) is 3.21. The second-order valence-corrected chi connectivity index (χ2v) is 19.5. The number of carboxylic acids is 2. The summed E-state index contributed by atoms with van der Waals surface area (Å²) in [5, 5.41) is 32.6. The summed E-state index contributed by atoms with van der Waals surface area (Å²) in [6.45, 7) is 14.2. The van der Waals surface area contributed by atoms with Crippen LogP contribution >= 0.6 is 0 Å². The maximum absolute atomic E-state index is 13.3. The van der Waals surface area contributed by atoms with Crippen molar-refractivity contribution in [1.82, 2.24) is 10.6 Å². The topological polar surface area (TPSA) is 303 Å². The van der Waals surface area contributed by atoms with Crippen molar-refractivity contribution < 1.29 is 59.7 Å². The van der Waals surface area contributed by atoms with E-state index in [0.717, 1.165) is 22.8 Å². The number of carboxylic acid groups (broad SMARTS) is 2. The number of carbonyl (C=O) groups is 4. The summed E-state index contributed by atoms with van der Waals surface area (Å²) in [4.78, 5) is 52.1. The minimum absolute atomic E-state index is 0.00940. The molecule has 358 valence electrons. The van der Waals surface area contributed by atoms with E-state index in [2.05, 4.69) is 31.6 Å². The van der Waals surface area contributed by atoms with Gasteiger partial charge in [0.1, 0.15) is 21.1 Å². The number of fused-ring (bicyclic) bond motifs is 2. The zero-order valence-electron chi connectivity index (χ0n) is 38.1. The van der Waals surface area contributed by atoms with Crippen LogP contribution in [0.25, 0.3) is 33.4 Å². The van der Waals surface area contributed by atoms with Gasteiger partial charge in [-0.2, -0.15) is 16.8 Å². The van der Waals surface area contributed by atoms with Gasteiger partial charge in [-0.1, -0.05) is 30.3 Å². The van der Waals surface area contributed by atoms with Gasteiger partial charge in [0.15, 0.2) is 0 Å². The Morgan fingerprint density at radius 1 is 0.647 bits per heavy atom. The first-order chi connectivity index (χ1) is 31.7. The number of amides is 4. The van der Waals surface area contributed by atoms with E-state index >= 15 is 0 Å². The Labute approximate surface area is 391 Å². The number of hydrogen-bond acceptors (Lipinski definition) is 11. The van der Waals surface area contributed by atoms with Gasteiger partial charge >= 0.3 is 24.0 Å². The van der Waals surface area contributed by atoms with Crippen LogP contribution in [0.1, 0.15) is 60.1 Å². The van der Waals surface area contributed by atoms with Crippen LogP contribution in [0.15, 0.2) is 85.9 Å². The number of benzene rings is 5. The van der Waals surface area contributed by atoms with E-state index in [9.17, 15) is 55.3 Å². The van der Waals surface area contributed by atoms with Crippen molar-refractivity contribution in [2.75, 3.05) is 16.0 Å². The van der Waals surface area contributed by atoms with Gasteiger partial charge in [-0.25, -0.2) is 14.6 Å². The van der Waals surface area contributed by atoms with E-state index in [4.69, 9.17) is 4.42 Å².